The Bertz CT molecular complexity index is 702. The summed E-state index contributed by atoms with van der Waals surface area (Å²) >= 11 is 3.35. The predicted molar refractivity (Wildman–Crippen MR) is 87.2 cm³/mol. The molecule has 6 heteroatoms. The summed E-state index contributed by atoms with van der Waals surface area (Å²) in [4.78, 5) is 23.6. The fourth-order valence-corrected chi connectivity index (χ4v) is 2.39. The summed E-state index contributed by atoms with van der Waals surface area (Å²) in [5.74, 6) is -1.28. The fourth-order valence-electron chi connectivity index (χ4n) is 1.80. The predicted octanol–water partition coefficient (Wildman–Crippen LogP) is 3.86. The second-order valence-corrected chi connectivity index (χ2v) is 5.62. The molecule has 2 N–H and O–H groups in total. The van der Waals surface area contributed by atoms with Crippen LogP contribution in [0, 0.1) is 12.7 Å². The second-order valence-electron chi connectivity index (χ2n) is 4.76. The van der Waals surface area contributed by atoms with Gasteiger partial charge >= 0.3 is 0 Å². The Kier molecular flexibility index (Phi) is 5.27. The van der Waals surface area contributed by atoms with E-state index in [1.807, 2.05) is 19.1 Å². The van der Waals surface area contributed by atoms with Crippen LogP contribution in [0.1, 0.15) is 12.0 Å². The summed E-state index contributed by atoms with van der Waals surface area (Å²) in [6.45, 7) is 1.94. The van der Waals surface area contributed by atoms with Gasteiger partial charge in [-0.25, -0.2) is 4.39 Å². The first-order chi connectivity index (χ1) is 10.4. The number of aryl methyl sites for hydroxylation is 1. The summed E-state index contributed by atoms with van der Waals surface area (Å²) in [7, 11) is 0. The number of anilines is 2. The third-order valence-electron chi connectivity index (χ3n) is 2.85. The average molecular weight is 365 g/mol. The van der Waals surface area contributed by atoms with Crippen molar-refractivity contribution >= 4 is 39.1 Å². The number of carbonyl (C=O) groups is 2. The lowest BCUT2D eigenvalue weighted by molar-refractivity contribution is -0.123. The quantitative estimate of drug-likeness (QED) is 0.809. The third-order valence-corrected chi connectivity index (χ3v) is 3.50. The largest absolute Gasteiger partial charge is 0.326 e. The second kappa shape index (κ2) is 7.17. The first kappa shape index (κ1) is 16.2. The minimum absolute atomic E-state index is 0.322. The lowest BCUT2D eigenvalue weighted by Crippen LogP contribution is -2.21. The zero-order valence-electron chi connectivity index (χ0n) is 11.8. The van der Waals surface area contributed by atoms with E-state index in [0.29, 0.717) is 11.4 Å². The van der Waals surface area contributed by atoms with Crippen LogP contribution in [0.4, 0.5) is 15.8 Å². The van der Waals surface area contributed by atoms with Crippen molar-refractivity contribution < 1.29 is 14.0 Å². The molecule has 2 rings (SSSR count). The number of hydrogen-bond donors (Lipinski definition) is 2. The summed E-state index contributed by atoms with van der Waals surface area (Å²) in [5.41, 5.74) is 2.10. The van der Waals surface area contributed by atoms with Crippen molar-refractivity contribution in [2.24, 2.45) is 0 Å². The lowest BCUT2D eigenvalue weighted by atomic mass is 10.2. The standard InChI is InChI=1S/C16H14BrFN2O2/c1-10-2-7-14(13(17)8-10)20-16(22)9-15(21)19-12-5-3-11(18)4-6-12/h2-8H,9H2,1H3,(H,19,21)(H,20,22). The van der Waals surface area contributed by atoms with Crippen molar-refractivity contribution in [2.75, 3.05) is 10.6 Å². The molecule has 0 unspecified atom stereocenters. The van der Waals surface area contributed by atoms with Gasteiger partial charge in [0.2, 0.25) is 11.8 Å². The summed E-state index contributed by atoms with van der Waals surface area (Å²) in [5, 5.41) is 5.19. The van der Waals surface area contributed by atoms with Crippen LogP contribution in [0.2, 0.25) is 0 Å². The normalized spacial score (nSPS) is 10.1. The van der Waals surface area contributed by atoms with Crippen molar-refractivity contribution in [1.82, 2.24) is 0 Å². The van der Waals surface area contributed by atoms with E-state index in [-0.39, 0.29) is 12.2 Å². The number of halogens is 2. The molecule has 0 bridgehead atoms. The highest BCUT2D eigenvalue weighted by Gasteiger charge is 2.11. The van der Waals surface area contributed by atoms with Gasteiger partial charge in [-0.3, -0.25) is 9.59 Å². The van der Waals surface area contributed by atoms with Gasteiger partial charge in [0.25, 0.3) is 0 Å². The molecule has 0 saturated carbocycles. The van der Waals surface area contributed by atoms with E-state index in [1.165, 1.54) is 24.3 Å². The van der Waals surface area contributed by atoms with Gasteiger partial charge < -0.3 is 10.6 Å². The van der Waals surface area contributed by atoms with Crippen LogP contribution in [-0.2, 0) is 9.59 Å². The van der Waals surface area contributed by atoms with Crippen LogP contribution >= 0.6 is 15.9 Å². The molecule has 0 atom stereocenters. The first-order valence-corrected chi connectivity index (χ1v) is 7.35. The van der Waals surface area contributed by atoms with E-state index in [9.17, 15) is 14.0 Å². The molecule has 0 saturated heterocycles. The Balaban J connectivity index is 1.91. The molecular formula is C16H14BrFN2O2. The lowest BCUT2D eigenvalue weighted by Gasteiger charge is -2.08. The highest BCUT2D eigenvalue weighted by Crippen LogP contribution is 2.23. The van der Waals surface area contributed by atoms with Crippen molar-refractivity contribution in [3.63, 3.8) is 0 Å². The van der Waals surface area contributed by atoms with E-state index in [4.69, 9.17) is 0 Å². The van der Waals surface area contributed by atoms with Crippen molar-refractivity contribution in [1.29, 1.82) is 0 Å². The van der Waals surface area contributed by atoms with E-state index in [2.05, 4.69) is 26.6 Å². The molecule has 0 aromatic heterocycles. The maximum atomic E-state index is 12.8. The molecule has 2 amide bonds. The van der Waals surface area contributed by atoms with Gasteiger partial charge in [-0.15, -0.1) is 0 Å². The number of benzene rings is 2. The minimum Gasteiger partial charge on any atom is -0.326 e. The molecule has 0 spiro atoms. The van der Waals surface area contributed by atoms with Crippen molar-refractivity contribution in [3.8, 4) is 0 Å². The van der Waals surface area contributed by atoms with Crippen molar-refractivity contribution in [2.45, 2.75) is 13.3 Å². The van der Waals surface area contributed by atoms with Crippen LogP contribution in [-0.4, -0.2) is 11.8 Å². The van der Waals surface area contributed by atoms with Crippen LogP contribution < -0.4 is 10.6 Å². The van der Waals surface area contributed by atoms with Crippen LogP contribution in [0.25, 0.3) is 0 Å². The van der Waals surface area contributed by atoms with Gasteiger partial charge in [0.05, 0.1) is 5.69 Å². The molecule has 114 valence electrons. The van der Waals surface area contributed by atoms with Crippen LogP contribution in [0.3, 0.4) is 0 Å². The molecule has 0 aliphatic carbocycles. The van der Waals surface area contributed by atoms with Gasteiger partial charge in [0, 0.05) is 10.2 Å². The molecule has 22 heavy (non-hydrogen) atoms. The fraction of sp³-hybridized carbons (Fsp3) is 0.125. The zero-order valence-corrected chi connectivity index (χ0v) is 13.4. The number of nitrogens with one attached hydrogen (secondary N) is 2. The Hall–Kier alpha value is -2.21. The van der Waals surface area contributed by atoms with Crippen LogP contribution in [0.5, 0.6) is 0 Å². The summed E-state index contributed by atoms with van der Waals surface area (Å²) in [6, 6.07) is 10.8. The Morgan fingerprint density at radius 1 is 1.05 bits per heavy atom. The van der Waals surface area contributed by atoms with E-state index >= 15 is 0 Å². The average Bonchev–Trinajstić information content (AvgIpc) is 2.44. The number of carbonyl (C=O) groups excluding carboxylic acids is 2. The first-order valence-electron chi connectivity index (χ1n) is 6.55. The van der Waals surface area contributed by atoms with Gasteiger partial charge in [0.15, 0.2) is 0 Å². The molecule has 0 radical (unpaired) electrons. The monoisotopic (exact) mass is 364 g/mol. The van der Waals surface area contributed by atoms with Gasteiger partial charge in [-0.1, -0.05) is 6.07 Å². The maximum Gasteiger partial charge on any atom is 0.233 e. The van der Waals surface area contributed by atoms with Crippen molar-refractivity contribution in [3.05, 3.63) is 58.3 Å². The molecule has 0 aliphatic rings. The Morgan fingerprint density at radius 2 is 1.68 bits per heavy atom. The smallest absolute Gasteiger partial charge is 0.233 e. The van der Waals surface area contributed by atoms with Crippen LogP contribution in [0.15, 0.2) is 46.9 Å². The maximum absolute atomic E-state index is 12.8. The molecule has 0 aliphatic heterocycles. The van der Waals surface area contributed by atoms with E-state index in [1.54, 1.807) is 6.07 Å². The van der Waals surface area contributed by atoms with Gasteiger partial charge in [-0.05, 0) is 64.8 Å². The molecular weight excluding hydrogens is 351 g/mol. The number of hydrogen-bond acceptors (Lipinski definition) is 2. The molecule has 2 aromatic rings. The SMILES string of the molecule is Cc1ccc(NC(=O)CC(=O)Nc2ccc(F)cc2)c(Br)c1. The zero-order chi connectivity index (χ0) is 16.1. The number of rotatable bonds is 4. The molecule has 0 fully saturated rings. The molecule has 4 nitrogen and oxygen atoms in total. The number of amides is 2. The summed E-state index contributed by atoms with van der Waals surface area (Å²) in [6.07, 6.45) is -0.322. The topological polar surface area (TPSA) is 58.2 Å². The highest BCUT2D eigenvalue weighted by molar-refractivity contribution is 9.10. The van der Waals surface area contributed by atoms with Gasteiger partial charge in [0.1, 0.15) is 12.2 Å². The highest BCUT2D eigenvalue weighted by atomic mass is 79.9. The van der Waals surface area contributed by atoms with Gasteiger partial charge in [-0.2, -0.15) is 0 Å². The van der Waals surface area contributed by atoms with E-state index < -0.39 is 11.8 Å². The summed E-state index contributed by atoms with van der Waals surface area (Å²) < 4.78 is 13.5. The molecule has 2 aromatic carbocycles. The minimum atomic E-state index is -0.465. The Labute approximate surface area is 135 Å². The Morgan fingerprint density at radius 3 is 2.32 bits per heavy atom. The van der Waals surface area contributed by atoms with E-state index in [0.717, 1.165) is 10.0 Å². The third kappa shape index (κ3) is 4.66. The molecule has 0 heterocycles.